The number of carbonyl (C=O) groups excluding carboxylic acids is 2. The van der Waals surface area contributed by atoms with Crippen molar-refractivity contribution in [3.8, 4) is 5.75 Å². The topological polar surface area (TPSA) is 79.8 Å². The van der Waals surface area contributed by atoms with Gasteiger partial charge in [0.1, 0.15) is 12.4 Å². The summed E-state index contributed by atoms with van der Waals surface area (Å²) in [6.45, 7) is 4.26. The number of benzene rings is 3. The number of ether oxygens (including phenoxy) is 1. The van der Waals surface area contributed by atoms with Gasteiger partial charge in [0.2, 0.25) is 0 Å². The van der Waals surface area contributed by atoms with Gasteiger partial charge in [0, 0.05) is 5.56 Å². The number of carbonyl (C=O) groups is 2. The molecule has 31 heavy (non-hydrogen) atoms. The third kappa shape index (κ3) is 6.54. The molecular formula is C25H25N3O3. The van der Waals surface area contributed by atoms with Crippen molar-refractivity contribution in [2.24, 2.45) is 5.10 Å². The van der Waals surface area contributed by atoms with Gasteiger partial charge in [-0.15, -0.1) is 0 Å². The molecule has 0 unspecified atom stereocenters. The van der Waals surface area contributed by atoms with Crippen molar-refractivity contribution < 1.29 is 14.3 Å². The summed E-state index contributed by atoms with van der Waals surface area (Å²) in [5.74, 6) is -0.960. The molecule has 0 aliphatic rings. The molecule has 0 aliphatic heterocycles. The molecule has 0 saturated carbocycles. The standard InChI is InChI=1S/C25H25N3O3/c1-18-12-14-20(15-13-18)17-31-23-11-7-6-10-22(23)16-26-28-25(30)24(29)27-19(2)21-8-4-3-5-9-21/h3-16,19H,17H2,1-2H3,(H,27,29)(H,28,30)/b26-16-/t19-/m0/s1. The molecular weight excluding hydrogens is 390 g/mol. The highest BCUT2D eigenvalue weighted by Crippen LogP contribution is 2.18. The van der Waals surface area contributed by atoms with Gasteiger partial charge >= 0.3 is 11.8 Å². The normalized spacial score (nSPS) is 11.7. The Bertz CT molecular complexity index is 1050. The van der Waals surface area contributed by atoms with E-state index in [-0.39, 0.29) is 6.04 Å². The Labute approximate surface area is 182 Å². The minimum absolute atomic E-state index is 0.292. The van der Waals surface area contributed by atoms with Crippen LogP contribution in [-0.2, 0) is 16.2 Å². The second kappa shape index (κ2) is 10.7. The maximum absolute atomic E-state index is 12.1. The van der Waals surface area contributed by atoms with Gasteiger partial charge in [0.25, 0.3) is 0 Å². The van der Waals surface area contributed by atoms with E-state index in [0.29, 0.717) is 17.9 Å². The lowest BCUT2D eigenvalue weighted by atomic mass is 10.1. The molecule has 6 nitrogen and oxygen atoms in total. The molecule has 0 saturated heterocycles. The minimum Gasteiger partial charge on any atom is -0.488 e. The minimum atomic E-state index is -0.836. The van der Waals surface area contributed by atoms with Gasteiger partial charge in [-0.3, -0.25) is 9.59 Å². The van der Waals surface area contributed by atoms with Crippen LogP contribution in [0.1, 0.15) is 35.2 Å². The van der Waals surface area contributed by atoms with Gasteiger partial charge in [-0.2, -0.15) is 5.10 Å². The fourth-order valence-corrected chi connectivity index (χ4v) is 2.86. The summed E-state index contributed by atoms with van der Waals surface area (Å²) >= 11 is 0. The summed E-state index contributed by atoms with van der Waals surface area (Å²) in [4.78, 5) is 24.2. The molecule has 0 heterocycles. The van der Waals surface area contributed by atoms with Gasteiger partial charge in [-0.25, -0.2) is 5.43 Å². The van der Waals surface area contributed by atoms with Crippen LogP contribution in [0.25, 0.3) is 0 Å². The Morgan fingerprint density at radius 1 is 0.935 bits per heavy atom. The van der Waals surface area contributed by atoms with Crippen LogP contribution >= 0.6 is 0 Å². The first-order chi connectivity index (χ1) is 15.0. The lowest BCUT2D eigenvalue weighted by Crippen LogP contribution is -2.39. The van der Waals surface area contributed by atoms with E-state index in [2.05, 4.69) is 15.8 Å². The second-order valence-electron chi connectivity index (χ2n) is 7.12. The quantitative estimate of drug-likeness (QED) is 0.349. The van der Waals surface area contributed by atoms with E-state index >= 15 is 0 Å². The smallest absolute Gasteiger partial charge is 0.329 e. The maximum atomic E-state index is 12.1. The van der Waals surface area contributed by atoms with E-state index in [1.807, 2.05) is 92.7 Å². The van der Waals surface area contributed by atoms with Crippen molar-refractivity contribution in [3.63, 3.8) is 0 Å². The lowest BCUT2D eigenvalue weighted by Gasteiger charge is -2.13. The Kier molecular flexibility index (Phi) is 7.54. The molecule has 2 N–H and O–H groups in total. The highest BCUT2D eigenvalue weighted by Gasteiger charge is 2.16. The zero-order valence-electron chi connectivity index (χ0n) is 17.5. The van der Waals surface area contributed by atoms with Gasteiger partial charge < -0.3 is 10.1 Å². The average molecular weight is 415 g/mol. The number of nitrogens with zero attached hydrogens (tertiary/aromatic N) is 1. The molecule has 3 aromatic rings. The summed E-state index contributed by atoms with van der Waals surface area (Å²) < 4.78 is 5.89. The highest BCUT2D eigenvalue weighted by atomic mass is 16.5. The Morgan fingerprint density at radius 2 is 1.61 bits per heavy atom. The van der Waals surface area contributed by atoms with Gasteiger partial charge in [-0.05, 0) is 37.1 Å². The van der Waals surface area contributed by atoms with Crippen molar-refractivity contribution in [1.82, 2.24) is 10.7 Å². The SMILES string of the molecule is Cc1ccc(COc2ccccc2/C=N\NC(=O)C(=O)N[C@@H](C)c2ccccc2)cc1. The van der Waals surface area contributed by atoms with E-state index in [9.17, 15) is 9.59 Å². The molecule has 2 amide bonds. The van der Waals surface area contributed by atoms with Crippen LogP contribution in [0.15, 0.2) is 84.0 Å². The molecule has 0 bridgehead atoms. The predicted molar refractivity (Wildman–Crippen MR) is 121 cm³/mol. The number of amides is 2. The molecule has 6 heteroatoms. The summed E-state index contributed by atoms with van der Waals surface area (Å²) in [5, 5.41) is 6.55. The Balaban J connectivity index is 1.54. The summed E-state index contributed by atoms with van der Waals surface area (Å²) in [6.07, 6.45) is 1.45. The van der Waals surface area contributed by atoms with Crippen LogP contribution in [0.2, 0.25) is 0 Å². The number of hydrogen-bond donors (Lipinski definition) is 2. The predicted octanol–water partition coefficient (Wildman–Crippen LogP) is 3.90. The van der Waals surface area contributed by atoms with Crippen molar-refractivity contribution in [1.29, 1.82) is 0 Å². The van der Waals surface area contributed by atoms with Crippen molar-refractivity contribution in [3.05, 3.63) is 101 Å². The molecule has 0 radical (unpaired) electrons. The van der Waals surface area contributed by atoms with Crippen LogP contribution in [-0.4, -0.2) is 18.0 Å². The third-order valence-electron chi connectivity index (χ3n) is 4.66. The van der Waals surface area contributed by atoms with E-state index < -0.39 is 11.8 Å². The molecule has 0 aromatic heterocycles. The molecule has 3 rings (SSSR count). The summed E-state index contributed by atoms with van der Waals surface area (Å²) in [7, 11) is 0. The number of hydrogen-bond acceptors (Lipinski definition) is 4. The Morgan fingerprint density at radius 3 is 2.35 bits per heavy atom. The Hall–Kier alpha value is -3.93. The number of aryl methyl sites for hydroxylation is 1. The van der Waals surface area contributed by atoms with Crippen molar-refractivity contribution in [2.75, 3.05) is 0 Å². The van der Waals surface area contributed by atoms with Gasteiger partial charge in [-0.1, -0.05) is 72.3 Å². The van der Waals surface area contributed by atoms with Crippen LogP contribution in [0.3, 0.4) is 0 Å². The largest absolute Gasteiger partial charge is 0.488 e. The molecule has 158 valence electrons. The molecule has 0 spiro atoms. The first kappa shape index (κ1) is 21.8. The number of hydrazone groups is 1. The number of nitrogens with one attached hydrogen (secondary N) is 2. The molecule has 0 aliphatic carbocycles. The lowest BCUT2D eigenvalue weighted by molar-refractivity contribution is -0.139. The summed E-state index contributed by atoms with van der Waals surface area (Å²) in [5.41, 5.74) is 6.09. The second-order valence-corrected chi connectivity index (χ2v) is 7.12. The van der Waals surface area contributed by atoms with Crippen molar-refractivity contribution in [2.45, 2.75) is 26.5 Å². The van der Waals surface area contributed by atoms with E-state index in [1.54, 1.807) is 0 Å². The van der Waals surface area contributed by atoms with Crippen LogP contribution < -0.4 is 15.5 Å². The zero-order valence-corrected chi connectivity index (χ0v) is 17.5. The van der Waals surface area contributed by atoms with Crippen LogP contribution in [0, 0.1) is 6.92 Å². The average Bonchev–Trinajstić information content (AvgIpc) is 2.80. The fraction of sp³-hybridized carbons (Fsp3) is 0.160. The van der Waals surface area contributed by atoms with E-state index in [1.165, 1.54) is 11.8 Å². The fourth-order valence-electron chi connectivity index (χ4n) is 2.86. The van der Waals surface area contributed by atoms with E-state index in [4.69, 9.17) is 4.74 Å². The highest BCUT2D eigenvalue weighted by molar-refractivity contribution is 6.35. The zero-order chi connectivity index (χ0) is 22.1. The first-order valence-electron chi connectivity index (χ1n) is 9.99. The molecule has 1 atom stereocenters. The monoisotopic (exact) mass is 415 g/mol. The van der Waals surface area contributed by atoms with Gasteiger partial charge in [0.15, 0.2) is 0 Å². The van der Waals surface area contributed by atoms with Crippen LogP contribution in [0.4, 0.5) is 0 Å². The third-order valence-corrected chi connectivity index (χ3v) is 4.66. The van der Waals surface area contributed by atoms with Crippen LogP contribution in [0.5, 0.6) is 5.75 Å². The number of para-hydroxylation sites is 1. The molecule has 3 aromatic carbocycles. The summed E-state index contributed by atoms with van der Waals surface area (Å²) in [6, 6.07) is 24.6. The molecule has 0 fully saturated rings. The van der Waals surface area contributed by atoms with Gasteiger partial charge in [0.05, 0.1) is 12.3 Å². The maximum Gasteiger partial charge on any atom is 0.329 e. The first-order valence-corrected chi connectivity index (χ1v) is 9.99. The van der Waals surface area contributed by atoms with E-state index in [0.717, 1.165) is 11.1 Å². The number of rotatable bonds is 7. The van der Waals surface area contributed by atoms with Crippen molar-refractivity contribution >= 4 is 18.0 Å².